The fourth-order valence-corrected chi connectivity index (χ4v) is 2.31. The molecule has 7 heteroatoms. The van der Waals surface area contributed by atoms with Gasteiger partial charge in [-0.25, -0.2) is 4.79 Å². The highest BCUT2D eigenvalue weighted by Crippen LogP contribution is 2.20. The van der Waals surface area contributed by atoms with E-state index in [0.29, 0.717) is 12.3 Å². The van der Waals surface area contributed by atoms with Crippen LogP contribution in [0, 0.1) is 23.7 Å². The van der Waals surface area contributed by atoms with Crippen molar-refractivity contribution in [2.45, 2.75) is 67.1 Å². The number of rotatable bonds is 11. The van der Waals surface area contributed by atoms with Gasteiger partial charge in [0.25, 0.3) is 6.29 Å². The van der Waals surface area contributed by atoms with E-state index in [4.69, 9.17) is 9.47 Å². The fourth-order valence-electron chi connectivity index (χ4n) is 2.31. The number of esters is 1. The molecule has 0 heterocycles. The molecule has 0 rings (SSSR count). The second-order valence-corrected chi connectivity index (χ2v) is 7.36. The molecule has 0 spiro atoms. The number of carbonyl (C=O) groups excluding carboxylic acids is 2. The Morgan fingerprint density at radius 1 is 1.00 bits per heavy atom. The van der Waals surface area contributed by atoms with E-state index in [2.05, 4.69) is 19.2 Å². The van der Waals surface area contributed by atoms with Gasteiger partial charge >= 0.3 is 18.0 Å². The van der Waals surface area contributed by atoms with Crippen LogP contribution in [0.1, 0.15) is 60.8 Å². The van der Waals surface area contributed by atoms with Crippen LogP contribution in [0.4, 0.5) is 4.79 Å². The monoisotopic (exact) mass is 359 g/mol. The zero-order valence-electron chi connectivity index (χ0n) is 16.2. The number of alkyl carbamates (subject to hydrolysis) is 1. The van der Waals surface area contributed by atoms with Crippen LogP contribution in [0.3, 0.4) is 0 Å². The third kappa shape index (κ3) is 11.4. The van der Waals surface area contributed by atoms with Gasteiger partial charge in [0.1, 0.15) is 0 Å². The molecule has 0 aromatic rings. The third-order valence-corrected chi connectivity index (χ3v) is 3.82. The summed E-state index contributed by atoms with van der Waals surface area (Å²) in [6.07, 6.45) is 0.696. The molecule has 0 bridgehead atoms. The maximum Gasteiger partial charge on any atom is 0.410 e. The first kappa shape index (κ1) is 23.2. The number of nitrogens with one attached hydrogen (secondary N) is 1. The van der Waals surface area contributed by atoms with Gasteiger partial charge in [0, 0.05) is 19.4 Å². The molecule has 25 heavy (non-hydrogen) atoms. The lowest BCUT2D eigenvalue weighted by atomic mass is 9.90. The zero-order valence-corrected chi connectivity index (χ0v) is 16.2. The van der Waals surface area contributed by atoms with Crippen molar-refractivity contribution in [3.05, 3.63) is 0 Å². The van der Waals surface area contributed by atoms with E-state index in [1.165, 1.54) is 6.92 Å². The van der Waals surface area contributed by atoms with Crippen LogP contribution < -0.4 is 5.32 Å². The summed E-state index contributed by atoms with van der Waals surface area (Å²) in [7, 11) is 0. The predicted octanol–water partition coefficient (Wildman–Crippen LogP) is 3.42. The van der Waals surface area contributed by atoms with E-state index < -0.39 is 30.2 Å². The maximum absolute atomic E-state index is 11.8. The molecule has 0 aromatic heterocycles. The number of amides is 1. The van der Waals surface area contributed by atoms with Gasteiger partial charge in [-0.2, -0.15) is 0 Å². The number of hydrogen-bond acceptors (Lipinski definition) is 5. The quantitative estimate of drug-likeness (QED) is 0.433. The smallest absolute Gasteiger partial charge is 0.410 e. The average Bonchev–Trinajstić information content (AvgIpc) is 2.47. The summed E-state index contributed by atoms with van der Waals surface area (Å²) in [6.45, 7) is 11.0. The molecule has 1 amide bonds. The van der Waals surface area contributed by atoms with Crippen LogP contribution in [0.2, 0.25) is 0 Å². The van der Waals surface area contributed by atoms with Crippen LogP contribution in [0.25, 0.3) is 0 Å². The lowest BCUT2D eigenvalue weighted by molar-refractivity contribution is -0.172. The second-order valence-electron chi connectivity index (χ2n) is 7.36. The standard InChI is InChI=1S/C18H33NO6/c1-11(2)7-8-13(5)9-15(16(21)22)10-19-18(23)25-17(12(3)4)24-14(6)20/h11-13,15,17H,7-10H2,1-6H3,(H,19,23)(H,21,22)/t13-,15+,17+/m0/s1. The van der Waals surface area contributed by atoms with Crippen molar-refractivity contribution < 1.29 is 29.0 Å². The molecule has 0 aliphatic carbocycles. The molecule has 3 atom stereocenters. The normalized spacial score (nSPS) is 14.7. The second kappa shape index (κ2) is 11.7. The minimum Gasteiger partial charge on any atom is -0.481 e. The molecule has 0 saturated carbocycles. The van der Waals surface area contributed by atoms with Crippen molar-refractivity contribution in [2.24, 2.45) is 23.7 Å². The minimum atomic E-state index is -0.995. The summed E-state index contributed by atoms with van der Waals surface area (Å²) >= 11 is 0. The van der Waals surface area contributed by atoms with Crippen LogP contribution in [0.15, 0.2) is 0 Å². The lowest BCUT2D eigenvalue weighted by Crippen LogP contribution is -2.38. The Balaban J connectivity index is 4.47. The van der Waals surface area contributed by atoms with Gasteiger partial charge in [-0.1, -0.05) is 47.5 Å². The number of carboxylic acid groups (broad SMARTS) is 1. The highest BCUT2D eigenvalue weighted by molar-refractivity contribution is 5.72. The van der Waals surface area contributed by atoms with Crippen molar-refractivity contribution in [1.82, 2.24) is 5.32 Å². The summed E-state index contributed by atoms with van der Waals surface area (Å²) in [6, 6.07) is 0. The first-order valence-corrected chi connectivity index (χ1v) is 8.87. The molecule has 7 nitrogen and oxygen atoms in total. The van der Waals surface area contributed by atoms with Gasteiger partial charge in [0.2, 0.25) is 0 Å². The van der Waals surface area contributed by atoms with Crippen LogP contribution in [-0.2, 0) is 19.1 Å². The van der Waals surface area contributed by atoms with Crippen molar-refractivity contribution in [3.8, 4) is 0 Å². The van der Waals surface area contributed by atoms with E-state index >= 15 is 0 Å². The van der Waals surface area contributed by atoms with Gasteiger partial charge in [-0.3, -0.25) is 9.59 Å². The van der Waals surface area contributed by atoms with Crippen LogP contribution in [-0.4, -0.2) is 36.0 Å². The van der Waals surface area contributed by atoms with Crippen molar-refractivity contribution in [1.29, 1.82) is 0 Å². The van der Waals surface area contributed by atoms with Gasteiger partial charge < -0.3 is 19.9 Å². The molecular weight excluding hydrogens is 326 g/mol. The van der Waals surface area contributed by atoms with Crippen LogP contribution >= 0.6 is 0 Å². The first-order valence-electron chi connectivity index (χ1n) is 8.87. The van der Waals surface area contributed by atoms with Gasteiger partial charge in [0.15, 0.2) is 0 Å². The molecule has 0 aliphatic heterocycles. The number of carbonyl (C=O) groups is 3. The van der Waals surface area contributed by atoms with Gasteiger partial charge in [-0.15, -0.1) is 0 Å². The molecule has 2 N–H and O–H groups in total. The van der Waals surface area contributed by atoms with E-state index in [1.54, 1.807) is 13.8 Å². The summed E-state index contributed by atoms with van der Waals surface area (Å²) in [5.41, 5.74) is 0. The van der Waals surface area contributed by atoms with Crippen molar-refractivity contribution in [2.75, 3.05) is 6.54 Å². The van der Waals surface area contributed by atoms with E-state index in [0.717, 1.165) is 12.8 Å². The molecule has 0 aromatic carbocycles. The van der Waals surface area contributed by atoms with Crippen molar-refractivity contribution >= 4 is 18.0 Å². The summed E-state index contributed by atoms with van der Waals surface area (Å²) < 4.78 is 9.97. The van der Waals surface area contributed by atoms with E-state index in [1.807, 2.05) is 6.92 Å². The maximum atomic E-state index is 11.8. The topological polar surface area (TPSA) is 102 Å². The molecule has 0 fully saturated rings. The number of hydrogen-bond donors (Lipinski definition) is 2. The first-order chi connectivity index (χ1) is 11.5. The summed E-state index contributed by atoms with van der Waals surface area (Å²) in [5, 5.41) is 11.8. The molecule has 0 radical (unpaired) electrons. The highest BCUT2D eigenvalue weighted by Gasteiger charge is 2.24. The molecule has 146 valence electrons. The summed E-state index contributed by atoms with van der Waals surface area (Å²) in [4.78, 5) is 34.3. The molecule has 0 aliphatic rings. The largest absolute Gasteiger partial charge is 0.481 e. The molecular formula is C18H33NO6. The Hall–Kier alpha value is -1.79. The van der Waals surface area contributed by atoms with Crippen LogP contribution in [0.5, 0.6) is 0 Å². The Kier molecular flexibility index (Phi) is 10.9. The third-order valence-electron chi connectivity index (χ3n) is 3.82. The van der Waals surface area contributed by atoms with Crippen molar-refractivity contribution in [3.63, 3.8) is 0 Å². The van der Waals surface area contributed by atoms with Gasteiger partial charge in [-0.05, 0) is 18.3 Å². The zero-order chi connectivity index (χ0) is 19.6. The number of aliphatic carboxylic acids is 1. The van der Waals surface area contributed by atoms with E-state index in [-0.39, 0.29) is 18.4 Å². The molecule has 0 saturated heterocycles. The SMILES string of the molecule is CC(=O)O[C@H](OC(=O)NC[C@@H](C[C@@H](C)CCC(C)C)C(=O)O)C(C)C. The Bertz CT molecular complexity index is 435. The Morgan fingerprint density at radius 2 is 1.60 bits per heavy atom. The lowest BCUT2D eigenvalue weighted by Gasteiger charge is -2.22. The Morgan fingerprint density at radius 3 is 2.04 bits per heavy atom. The minimum absolute atomic E-state index is 0.0227. The average molecular weight is 359 g/mol. The Labute approximate surface area is 150 Å². The highest BCUT2D eigenvalue weighted by atomic mass is 16.7. The fraction of sp³-hybridized carbons (Fsp3) is 0.833. The number of ether oxygens (including phenoxy) is 2. The van der Waals surface area contributed by atoms with E-state index in [9.17, 15) is 19.5 Å². The number of carboxylic acids is 1. The van der Waals surface area contributed by atoms with Gasteiger partial charge in [0.05, 0.1) is 5.92 Å². The predicted molar refractivity (Wildman–Crippen MR) is 93.9 cm³/mol. The molecule has 0 unspecified atom stereocenters. The summed E-state index contributed by atoms with van der Waals surface area (Å²) in [5.74, 6) is -1.55.